The fourth-order valence-electron chi connectivity index (χ4n) is 1.60. The molecule has 0 N–H and O–H groups in total. The van der Waals surface area contributed by atoms with Crippen molar-refractivity contribution in [3.63, 3.8) is 0 Å². The summed E-state index contributed by atoms with van der Waals surface area (Å²) in [6.45, 7) is 1.70. The highest BCUT2D eigenvalue weighted by Crippen LogP contribution is 2.32. The maximum absolute atomic E-state index is 12.7. The number of aromatic nitrogens is 1. The molecule has 0 aliphatic heterocycles. The number of hydrogen-bond donors (Lipinski definition) is 0. The number of aryl methyl sites for hydroxylation is 1. The second-order valence-corrected chi connectivity index (χ2v) is 3.70. The van der Waals surface area contributed by atoms with E-state index < -0.39 is 11.7 Å². The third kappa shape index (κ3) is 2.67. The van der Waals surface area contributed by atoms with Gasteiger partial charge in [0.25, 0.3) is 0 Å². The van der Waals surface area contributed by atoms with Gasteiger partial charge in [-0.15, -0.1) is 0 Å². The van der Waals surface area contributed by atoms with E-state index in [0.717, 1.165) is 6.07 Å². The molecule has 1 aromatic heterocycles. The van der Waals surface area contributed by atoms with Crippen LogP contribution >= 0.6 is 0 Å². The lowest BCUT2D eigenvalue weighted by atomic mass is 10.0. The molecule has 0 aliphatic carbocycles. The summed E-state index contributed by atoms with van der Waals surface area (Å²) in [5.41, 5.74) is -0.474. The number of rotatable bonds is 2. The summed E-state index contributed by atoms with van der Waals surface area (Å²) >= 11 is 0. The number of hydrogen-bond acceptors (Lipinski definition) is 2. The Kier molecular flexibility index (Phi) is 2.92. The van der Waals surface area contributed by atoms with Crippen LogP contribution in [-0.2, 0) is 12.6 Å². The normalized spacial score (nSPS) is 11.8. The molecule has 1 aromatic carbocycles. The first-order chi connectivity index (χ1) is 7.97. The Hall–Kier alpha value is -1.78. The van der Waals surface area contributed by atoms with Crippen LogP contribution in [0.2, 0.25) is 0 Å². The van der Waals surface area contributed by atoms with Crippen molar-refractivity contribution >= 4 is 0 Å². The molecule has 0 fully saturated rings. The molecule has 2 rings (SSSR count). The van der Waals surface area contributed by atoms with E-state index in [1.54, 1.807) is 13.0 Å². The zero-order valence-electron chi connectivity index (χ0n) is 9.08. The lowest BCUT2D eigenvalue weighted by Crippen LogP contribution is -2.09. The summed E-state index contributed by atoms with van der Waals surface area (Å²) < 4.78 is 43.3. The minimum Gasteiger partial charge on any atom is -0.446 e. The van der Waals surface area contributed by atoms with Gasteiger partial charge >= 0.3 is 6.18 Å². The van der Waals surface area contributed by atoms with Crippen LogP contribution in [0.1, 0.15) is 22.8 Å². The highest BCUT2D eigenvalue weighted by molar-refractivity contribution is 5.31. The summed E-state index contributed by atoms with van der Waals surface area (Å²) in [6, 6.07) is 5.43. The third-order valence-electron chi connectivity index (χ3n) is 2.33. The number of nitrogens with zero attached hydrogens (tertiary/aromatic N) is 1. The number of alkyl halides is 3. The maximum Gasteiger partial charge on any atom is 0.416 e. The average Bonchev–Trinajstić information content (AvgIpc) is 2.63. The van der Waals surface area contributed by atoms with E-state index >= 15 is 0 Å². The highest BCUT2D eigenvalue weighted by atomic mass is 19.4. The van der Waals surface area contributed by atoms with Crippen LogP contribution in [0.25, 0.3) is 0 Å². The average molecular weight is 241 g/mol. The van der Waals surface area contributed by atoms with Gasteiger partial charge in [0.1, 0.15) is 5.76 Å². The SMILES string of the molecule is Cc1cnc(Cc2ccccc2C(F)(F)F)o1. The minimum atomic E-state index is -4.35. The smallest absolute Gasteiger partial charge is 0.416 e. The molecule has 0 unspecified atom stereocenters. The lowest BCUT2D eigenvalue weighted by molar-refractivity contribution is -0.138. The Morgan fingerprint density at radius 1 is 1.24 bits per heavy atom. The molecule has 17 heavy (non-hydrogen) atoms. The molecule has 1 heterocycles. The largest absolute Gasteiger partial charge is 0.446 e. The minimum absolute atomic E-state index is 0.0452. The van der Waals surface area contributed by atoms with Crippen molar-refractivity contribution in [1.82, 2.24) is 4.98 Å². The monoisotopic (exact) mass is 241 g/mol. The Labute approximate surface area is 96.1 Å². The van der Waals surface area contributed by atoms with Crippen molar-refractivity contribution in [1.29, 1.82) is 0 Å². The van der Waals surface area contributed by atoms with E-state index in [2.05, 4.69) is 4.98 Å². The fraction of sp³-hybridized carbons (Fsp3) is 0.250. The zero-order chi connectivity index (χ0) is 12.5. The topological polar surface area (TPSA) is 26.0 Å². The van der Waals surface area contributed by atoms with Crippen LogP contribution in [0.5, 0.6) is 0 Å². The molecule has 5 heteroatoms. The van der Waals surface area contributed by atoms with Gasteiger partial charge in [-0.05, 0) is 18.6 Å². The standard InChI is InChI=1S/C12H10F3NO/c1-8-7-16-11(17-8)6-9-4-2-3-5-10(9)12(13,14)15/h2-5,7H,6H2,1H3. The van der Waals surface area contributed by atoms with Crippen LogP contribution in [0, 0.1) is 6.92 Å². The van der Waals surface area contributed by atoms with Crippen LogP contribution in [0.4, 0.5) is 13.2 Å². The summed E-state index contributed by atoms with van der Waals surface area (Å²) in [5, 5.41) is 0. The number of benzene rings is 1. The summed E-state index contributed by atoms with van der Waals surface area (Å²) in [6.07, 6.45) is -2.81. The van der Waals surface area contributed by atoms with Crippen LogP contribution in [-0.4, -0.2) is 4.98 Å². The Balaban J connectivity index is 2.33. The van der Waals surface area contributed by atoms with E-state index in [-0.39, 0.29) is 12.0 Å². The maximum atomic E-state index is 12.7. The molecule has 0 radical (unpaired) electrons. The van der Waals surface area contributed by atoms with Gasteiger partial charge in [0.05, 0.1) is 11.8 Å². The number of oxazole rings is 1. The molecule has 0 bridgehead atoms. The highest BCUT2D eigenvalue weighted by Gasteiger charge is 2.33. The van der Waals surface area contributed by atoms with E-state index in [0.29, 0.717) is 11.7 Å². The van der Waals surface area contributed by atoms with Crippen molar-refractivity contribution < 1.29 is 17.6 Å². The molecule has 0 amide bonds. The quantitative estimate of drug-likeness (QED) is 0.803. The molecular weight excluding hydrogens is 231 g/mol. The summed E-state index contributed by atoms with van der Waals surface area (Å²) in [4.78, 5) is 3.90. The first-order valence-electron chi connectivity index (χ1n) is 5.03. The molecule has 0 atom stereocenters. The van der Waals surface area contributed by atoms with Gasteiger partial charge < -0.3 is 4.42 Å². The van der Waals surface area contributed by atoms with Gasteiger partial charge in [-0.25, -0.2) is 4.98 Å². The molecule has 0 saturated carbocycles. The van der Waals surface area contributed by atoms with Crippen molar-refractivity contribution in [2.45, 2.75) is 19.5 Å². The van der Waals surface area contributed by atoms with E-state index in [9.17, 15) is 13.2 Å². The van der Waals surface area contributed by atoms with Crippen LogP contribution in [0.3, 0.4) is 0 Å². The van der Waals surface area contributed by atoms with E-state index in [4.69, 9.17) is 4.42 Å². The van der Waals surface area contributed by atoms with Crippen molar-refractivity contribution in [2.75, 3.05) is 0 Å². The molecule has 0 aliphatic rings. The predicted octanol–water partition coefficient (Wildman–Crippen LogP) is 3.59. The molecule has 0 spiro atoms. The Morgan fingerprint density at radius 3 is 2.53 bits per heavy atom. The summed E-state index contributed by atoms with van der Waals surface area (Å²) in [7, 11) is 0. The van der Waals surface area contributed by atoms with E-state index in [1.165, 1.54) is 18.3 Å². The summed E-state index contributed by atoms with van der Waals surface area (Å²) in [5.74, 6) is 0.878. The second-order valence-electron chi connectivity index (χ2n) is 3.70. The Bertz CT molecular complexity index is 516. The van der Waals surface area contributed by atoms with Gasteiger partial charge in [0.15, 0.2) is 5.89 Å². The molecule has 90 valence electrons. The van der Waals surface area contributed by atoms with Gasteiger partial charge in [-0.1, -0.05) is 18.2 Å². The van der Waals surface area contributed by atoms with E-state index in [1.807, 2.05) is 0 Å². The molecular formula is C12H10F3NO. The van der Waals surface area contributed by atoms with Gasteiger partial charge in [0, 0.05) is 6.42 Å². The molecule has 2 aromatic rings. The third-order valence-corrected chi connectivity index (χ3v) is 2.33. The van der Waals surface area contributed by atoms with Gasteiger partial charge in [-0.2, -0.15) is 13.2 Å². The van der Waals surface area contributed by atoms with Crippen molar-refractivity contribution in [2.24, 2.45) is 0 Å². The van der Waals surface area contributed by atoms with Crippen LogP contribution < -0.4 is 0 Å². The molecule has 0 saturated heterocycles. The van der Waals surface area contributed by atoms with Gasteiger partial charge in [0.2, 0.25) is 0 Å². The molecule has 2 nitrogen and oxygen atoms in total. The van der Waals surface area contributed by atoms with Crippen molar-refractivity contribution in [3.05, 3.63) is 53.2 Å². The first-order valence-corrected chi connectivity index (χ1v) is 5.03. The fourth-order valence-corrected chi connectivity index (χ4v) is 1.60. The van der Waals surface area contributed by atoms with Crippen molar-refractivity contribution in [3.8, 4) is 0 Å². The van der Waals surface area contributed by atoms with Gasteiger partial charge in [-0.3, -0.25) is 0 Å². The second kappa shape index (κ2) is 4.24. The predicted molar refractivity (Wildman–Crippen MR) is 55.5 cm³/mol. The lowest BCUT2D eigenvalue weighted by Gasteiger charge is -2.10. The zero-order valence-corrected chi connectivity index (χ0v) is 9.08. The first kappa shape index (κ1) is 11.7. The van der Waals surface area contributed by atoms with Crippen LogP contribution in [0.15, 0.2) is 34.9 Å². The Morgan fingerprint density at radius 2 is 1.94 bits per heavy atom. The number of halogens is 3.